The molecule has 138 valence electrons. The predicted molar refractivity (Wildman–Crippen MR) is 85.2 cm³/mol. The van der Waals surface area contributed by atoms with E-state index in [0.29, 0.717) is 31.6 Å². The quantitative estimate of drug-likeness (QED) is 0.569. The highest BCUT2D eigenvalue weighted by atomic mass is 19.4. The van der Waals surface area contributed by atoms with Crippen molar-refractivity contribution in [3.63, 3.8) is 0 Å². The average molecular weight is 358 g/mol. The van der Waals surface area contributed by atoms with Gasteiger partial charge in [-0.1, -0.05) is 0 Å². The van der Waals surface area contributed by atoms with Gasteiger partial charge >= 0.3 is 6.18 Å². The predicted octanol–water partition coefficient (Wildman–Crippen LogP) is 1.96. The molecule has 2 aliphatic rings. The van der Waals surface area contributed by atoms with Crippen molar-refractivity contribution in [3.05, 3.63) is 12.4 Å². The van der Waals surface area contributed by atoms with Gasteiger partial charge in [0.25, 0.3) is 0 Å². The fourth-order valence-corrected chi connectivity index (χ4v) is 3.19. The largest absolute Gasteiger partial charge is 0.403 e. The van der Waals surface area contributed by atoms with E-state index < -0.39 is 17.5 Å². The third-order valence-corrected chi connectivity index (χ3v) is 4.95. The SMILES string of the molecule is CNC(=N)Nc1cnn(C2CCN(C(=O)C3(C(F)(F)F)CC3)CC2)c1. The highest BCUT2D eigenvalue weighted by Gasteiger charge is 2.69. The first-order valence-electron chi connectivity index (χ1n) is 8.20. The summed E-state index contributed by atoms with van der Waals surface area (Å²) in [5.74, 6) is -0.634. The molecule has 2 heterocycles. The molecule has 3 rings (SSSR count). The number of nitrogens with zero attached hydrogens (tertiary/aromatic N) is 3. The average Bonchev–Trinajstić information content (AvgIpc) is 3.29. The second-order valence-corrected chi connectivity index (χ2v) is 6.56. The van der Waals surface area contributed by atoms with Gasteiger partial charge in [-0.2, -0.15) is 18.3 Å². The van der Waals surface area contributed by atoms with Crippen LogP contribution in [-0.2, 0) is 4.79 Å². The summed E-state index contributed by atoms with van der Waals surface area (Å²) in [4.78, 5) is 13.6. The molecule has 7 nitrogen and oxygen atoms in total. The van der Waals surface area contributed by atoms with Gasteiger partial charge in [0.2, 0.25) is 5.91 Å². The zero-order chi connectivity index (χ0) is 18.2. The number of amides is 1. The molecule has 1 aromatic rings. The molecule has 1 amide bonds. The van der Waals surface area contributed by atoms with E-state index in [2.05, 4.69) is 15.7 Å². The molecule has 3 N–H and O–H groups in total. The summed E-state index contributed by atoms with van der Waals surface area (Å²) in [6, 6.07) is 0.0319. The van der Waals surface area contributed by atoms with E-state index >= 15 is 0 Å². The van der Waals surface area contributed by atoms with Crippen molar-refractivity contribution in [2.24, 2.45) is 5.41 Å². The molecule has 2 fully saturated rings. The standard InChI is InChI=1S/C15H21F3N6O/c1-20-13(19)22-10-8-21-24(9-10)11-2-6-23(7-3-11)12(25)14(4-5-14)15(16,17)18/h8-9,11H,2-7H2,1H3,(H3,19,20,22). The fourth-order valence-electron chi connectivity index (χ4n) is 3.19. The lowest BCUT2D eigenvalue weighted by Crippen LogP contribution is -2.47. The van der Waals surface area contributed by atoms with Crippen molar-refractivity contribution >= 4 is 17.6 Å². The van der Waals surface area contributed by atoms with Crippen LogP contribution in [0.3, 0.4) is 0 Å². The first-order valence-corrected chi connectivity index (χ1v) is 8.20. The van der Waals surface area contributed by atoms with Crippen molar-refractivity contribution in [3.8, 4) is 0 Å². The second kappa shape index (κ2) is 6.23. The molecule has 0 bridgehead atoms. The summed E-state index contributed by atoms with van der Waals surface area (Å²) in [5, 5.41) is 17.2. The molecule has 0 radical (unpaired) electrons. The van der Waals surface area contributed by atoms with Crippen LogP contribution in [0.25, 0.3) is 0 Å². The Balaban J connectivity index is 1.57. The Morgan fingerprint density at radius 3 is 2.52 bits per heavy atom. The van der Waals surface area contributed by atoms with Gasteiger partial charge in [0.05, 0.1) is 17.9 Å². The summed E-state index contributed by atoms with van der Waals surface area (Å²) in [7, 11) is 1.63. The number of carbonyl (C=O) groups excluding carboxylic acids is 1. The van der Waals surface area contributed by atoms with E-state index in [0.717, 1.165) is 0 Å². The Hall–Kier alpha value is -2.26. The summed E-state index contributed by atoms with van der Waals surface area (Å²) < 4.78 is 41.0. The zero-order valence-corrected chi connectivity index (χ0v) is 13.9. The molecule has 0 unspecified atom stereocenters. The van der Waals surface area contributed by atoms with Crippen molar-refractivity contribution in [1.29, 1.82) is 5.41 Å². The molecular weight excluding hydrogens is 337 g/mol. The van der Waals surface area contributed by atoms with Crippen LogP contribution >= 0.6 is 0 Å². The van der Waals surface area contributed by atoms with Crippen LogP contribution in [0.2, 0.25) is 0 Å². The van der Waals surface area contributed by atoms with Crippen LogP contribution in [0.15, 0.2) is 12.4 Å². The number of hydrogen-bond acceptors (Lipinski definition) is 3. The number of hydrogen-bond donors (Lipinski definition) is 3. The van der Waals surface area contributed by atoms with Gasteiger partial charge in [0, 0.05) is 26.3 Å². The number of alkyl halides is 3. The van der Waals surface area contributed by atoms with Gasteiger partial charge < -0.3 is 15.5 Å². The fraction of sp³-hybridized carbons (Fsp3) is 0.667. The number of anilines is 1. The molecule has 1 aliphatic carbocycles. The Kier molecular flexibility index (Phi) is 4.38. The number of guanidine groups is 1. The van der Waals surface area contributed by atoms with E-state index in [1.54, 1.807) is 24.1 Å². The molecule has 1 saturated heterocycles. The Morgan fingerprint density at radius 1 is 1.36 bits per heavy atom. The van der Waals surface area contributed by atoms with E-state index in [4.69, 9.17) is 5.41 Å². The third kappa shape index (κ3) is 3.29. The van der Waals surface area contributed by atoms with Gasteiger partial charge in [0.1, 0.15) is 5.41 Å². The molecule has 0 spiro atoms. The smallest absolute Gasteiger partial charge is 0.359 e. The lowest BCUT2D eigenvalue weighted by Gasteiger charge is -2.35. The zero-order valence-electron chi connectivity index (χ0n) is 13.9. The lowest BCUT2D eigenvalue weighted by molar-refractivity contribution is -0.199. The highest BCUT2D eigenvalue weighted by Crippen LogP contribution is 2.58. The molecule has 1 aromatic heterocycles. The molecule has 10 heteroatoms. The maximum Gasteiger partial charge on any atom is 0.403 e. The minimum Gasteiger partial charge on any atom is -0.359 e. The summed E-state index contributed by atoms with van der Waals surface area (Å²) in [6.07, 6.45) is -0.185. The van der Waals surface area contributed by atoms with Crippen molar-refractivity contribution in [2.45, 2.75) is 37.9 Å². The minimum absolute atomic E-state index is 0.0319. The molecular formula is C15H21F3N6O. The van der Waals surface area contributed by atoms with Crippen LogP contribution < -0.4 is 10.6 Å². The monoisotopic (exact) mass is 358 g/mol. The van der Waals surface area contributed by atoms with Crippen LogP contribution in [0.1, 0.15) is 31.7 Å². The number of likely N-dealkylation sites (tertiary alicyclic amines) is 1. The van der Waals surface area contributed by atoms with Crippen LogP contribution in [-0.4, -0.2) is 52.9 Å². The first kappa shape index (κ1) is 17.6. The van der Waals surface area contributed by atoms with Gasteiger partial charge in [-0.15, -0.1) is 0 Å². The molecule has 1 aliphatic heterocycles. The van der Waals surface area contributed by atoms with Crippen LogP contribution in [0, 0.1) is 10.8 Å². The van der Waals surface area contributed by atoms with Crippen LogP contribution in [0.5, 0.6) is 0 Å². The maximum absolute atomic E-state index is 13.1. The summed E-state index contributed by atoms with van der Waals surface area (Å²) in [6.45, 7) is 0.604. The van der Waals surface area contributed by atoms with Gasteiger partial charge in [-0.25, -0.2) is 0 Å². The van der Waals surface area contributed by atoms with Crippen molar-refractivity contribution in [1.82, 2.24) is 20.0 Å². The van der Waals surface area contributed by atoms with Gasteiger partial charge in [0.15, 0.2) is 5.96 Å². The Bertz CT molecular complexity index is 658. The summed E-state index contributed by atoms with van der Waals surface area (Å²) >= 11 is 0. The first-order chi connectivity index (χ1) is 11.8. The number of carbonyl (C=O) groups is 1. The topological polar surface area (TPSA) is 86.0 Å². The molecule has 25 heavy (non-hydrogen) atoms. The lowest BCUT2D eigenvalue weighted by atomic mass is 10.00. The third-order valence-electron chi connectivity index (χ3n) is 4.95. The molecule has 0 aromatic carbocycles. The minimum atomic E-state index is -4.46. The van der Waals surface area contributed by atoms with Crippen molar-refractivity contribution in [2.75, 3.05) is 25.5 Å². The van der Waals surface area contributed by atoms with E-state index in [-0.39, 0.29) is 24.8 Å². The van der Waals surface area contributed by atoms with Crippen molar-refractivity contribution < 1.29 is 18.0 Å². The van der Waals surface area contributed by atoms with Gasteiger partial charge in [-0.3, -0.25) is 14.9 Å². The normalized spacial score (nSPS) is 20.2. The Labute approximate surface area is 143 Å². The van der Waals surface area contributed by atoms with Crippen LogP contribution in [0.4, 0.5) is 18.9 Å². The van der Waals surface area contributed by atoms with E-state index in [9.17, 15) is 18.0 Å². The summed E-state index contributed by atoms with van der Waals surface area (Å²) in [5.41, 5.74) is -1.47. The second-order valence-electron chi connectivity index (χ2n) is 6.56. The molecule has 0 atom stereocenters. The molecule has 1 saturated carbocycles. The number of aromatic nitrogens is 2. The number of halogens is 3. The van der Waals surface area contributed by atoms with E-state index in [1.165, 1.54) is 4.90 Å². The number of rotatable bonds is 3. The maximum atomic E-state index is 13.1. The number of nitrogens with one attached hydrogen (secondary N) is 3. The highest BCUT2D eigenvalue weighted by molar-refractivity contribution is 5.90. The Morgan fingerprint density at radius 2 is 2.00 bits per heavy atom. The number of piperidine rings is 1. The van der Waals surface area contributed by atoms with E-state index in [1.807, 2.05) is 0 Å². The van der Waals surface area contributed by atoms with Gasteiger partial charge in [-0.05, 0) is 25.7 Å².